The summed E-state index contributed by atoms with van der Waals surface area (Å²) < 4.78 is 18.0. The molecule has 434 valence electrons. The minimum absolute atomic E-state index is 0.00863. The first-order chi connectivity index (χ1) is 36.6. The molecule has 78 heavy (non-hydrogen) atoms. The number of aliphatic hydroxyl groups is 3. The van der Waals surface area contributed by atoms with E-state index in [2.05, 4.69) is 18.5 Å². The van der Waals surface area contributed by atoms with Crippen molar-refractivity contribution in [3.8, 4) is 0 Å². The number of likely N-dealkylation sites (N-methyl/N-ethyl adjacent to an activating group) is 2. The Bertz CT molecular complexity index is 2360. The molecule has 0 aromatic heterocycles. The molecule has 2 aromatic carbocycles. The Labute approximate surface area is 463 Å². The summed E-state index contributed by atoms with van der Waals surface area (Å²) in [4.78, 5) is 97.7. The van der Waals surface area contributed by atoms with Gasteiger partial charge in [-0.3, -0.25) is 33.6 Å². The lowest BCUT2D eigenvalue weighted by Gasteiger charge is -2.48. The van der Waals surface area contributed by atoms with Crippen molar-refractivity contribution in [1.82, 2.24) is 10.2 Å². The van der Waals surface area contributed by atoms with Crippen LogP contribution in [0.15, 0.2) is 79.4 Å². The van der Waals surface area contributed by atoms with Crippen LogP contribution in [-0.2, 0) is 49.4 Å². The van der Waals surface area contributed by atoms with Gasteiger partial charge in [-0.25, -0.2) is 0 Å². The number of rotatable bonds is 35. The van der Waals surface area contributed by atoms with Crippen LogP contribution in [0.1, 0.15) is 122 Å². The van der Waals surface area contributed by atoms with Crippen molar-refractivity contribution in [2.45, 2.75) is 143 Å². The minimum atomic E-state index is -1.43. The topological polar surface area (TPSA) is 226 Å². The highest BCUT2D eigenvalue weighted by atomic mass is 16.6. The van der Waals surface area contributed by atoms with E-state index < -0.39 is 71.1 Å². The van der Waals surface area contributed by atoms with Crippen molar-refractivity contribution in [3.63, 3.8) is 0 Å². The maximum absolute atomic E-state index is 15.1. The van der Waals surface area contributed by atoms with Crippen LogP contribution in [0.4, 0.5) is 5.69 Å². The van der Waals surface area contributed by atoms with E-state index in [1.165, 1.54) is 11.8 Å². The summed E-state index contributed by atoms with van der Waals surface area (Å²) >= 11 is 0. The van der Waals surface area contributed by atoms with E-state index in [9.17, 15) is 44.1 Å². The van der Waals surface area contributed by atoms with Crippen LogP contribution in [0.25, 0.3) is 0 Å². The second-order valence-corrected chi connectivity index (χ2v) is 23.0. The van der Waals surface area contributed by atoms with Crippen molar-refractivity contribution in [2.24, 2.45) is 10.8 Å². The van der Waals surface area contributed by atoms with Gasteiger partial charge in [-0.1, -0.05) is 64.3 Å². The number of anilines is 1. The molecule has 3 rings (SSSR count). The van der Waals surface area contributed by atoms with Crippen molar-refractivity contribution in [1.29, 1.82) is 0 Å². The molecule has 0 aliphatic carbocycles. The van der Waals surface area contributed by atoms with Crippen LogP contribution in [0.3, 0.4) is 0 Å². The van der Waals surface area contributed by atoms with Gasteiger partial charge in [0.2, 0.25) is 23.5 Å². The first kappa shape index (κ1) is 66.5. The Morgan fingerprint density at radius 3 is 1.95 bits per heavy atom. The zero-order valence-electron chi connectivity index (χ0n) is 48.6. The fourth-order valence-electron chi connectivity index (χ4n) is 10.9. The number of benzene rings is 2. The number of aliphatic hydroxyl groups excluding tert-OH is 3. The summed E-state index contributed by atoms with van der Waals surface area (Å²) in [5.41, 5.74) is -1.59. The predicted molar refractivity (Wildman–Crippen MR) is 300 cm³/mol. The Kier molecular flexibility index (Phi) is 25.6. The summed E-state index contributed by atoms with van der Waals surface area (Å²) in [6.07, 6.45) is 1.10. The van der Waals surface area contributed by atoms with E-state index in [1.807, 2.05) is 79.3 Å². The smallest absolute Gasteiger partial charge is 0.312 e. The number of esters is 3. The molecule has 18 nitrogen and oxygen atoms in total. The number of carbonyl (C=O) groups is 7. The lowest BCUT2D eigenvalue weighted by molar-refractivity contribution is -0.933. The van der Waals surface area contributed by atoms with E-state index >= 15 is 4.79 Å². The van der Waals surface area contributed by atoms with E-state index in [4.69, 9.17) is 14.2 Å². The van der Waals surface area contributed by atoms with Crippen molar-refractivity contribution in [2.75, 3.05) is 92.2 Å². The molecule has 1 aliphatic rings. The molecule has 0 bridgehead atoms. The van der Waals surface area contributed by atoms with Gasteiger partial charge in [0.25, 0.3) is 0 Å². The third-order valence-corrected chi connectivity index (χ3v) is 15.7. The van der Waals surface area contributed by atoms with Gasteiger partial charge in [0, 0.05) is 81.5 Å². The second kappa shape index (κ2) is 30.0. The monoisotopic (exact) mass is 1090 g/mol. The quantitative estimate of drug-likeness (QED) is 0.0162. The van der Waals surface area contributed by atoms with Gasteiger partial charge < -0.3 is 53.6 Å². The largest absolute Gasteiger partial charge is 0.463 e. The molecule has 1 aliphatic heterocycles. The van der Waals surface area contributed by atoms with Crippen LogP contribution < -0.4 is 10.2 Å². The minimum Gasteiger partial charge on any atom is -0.463 e. The summed E-state index contributed by atoms with van der Waals surface area (Å²) in [6.45, 7) is 19.9. The second-order valence-electron chi connectivity index (χ2n) is 23.0. The third kappa shape index (κ3) is 18.7. The summed E-state index contributed by atoms with van der Waals surface area (Å²) in [6, 6.07) is 15.5. The van der Waals surface area contributed by atoms with Crippen LogP contribution in [0.5, 0.6) is 0 Å². The average Bonchev–Trinajstić information content (AvgIpc) is 3.86. The number of carbonyl (C=O) groups excluding carboxylic acids is 7. The number of nitrogens with one attached hydrogen (secondary N) is 1. The fourth-order valence-corrected chi connectivity index (χ4v) is 10.9. The molecular formula is C60H93N5O13+2. The Hall–Kier alpha value is -5.79. The van der Waals surface area contributed by atoms with Crippen LogP contribution in [-0.4, -0.2) is 188 Å². The first-order valence-electron chi connectivity index (χ1n) is 27.6. The maximum Gasteiger partial charge on any atom is 0.312 e. The fraction of sp³-hybridized carbons (Fsp3) is 0.617. The third-order valence-electron chi connectivity index (χ3n) is 15.7. The van der Waals surface area contributed by atoms with Crippen molar-refractivity contribution < 1.29 is 72.1 Å². The molecule has 0 spiro atoms. The summed E-state index contributed by atoms with van der Waals surface area (Å²) in [5, 5.41) is 35.5. The molecule has 1 saturated heterocycles. The number of amides is 3. The van der Waals surface area contributed by atoms with Gasteiger partial charge in [0.15, 0.2) is 5.54 Å². The van der Waals surface area contributed by atoms with Gasteiger partial charge in [-0.05, 0) is 88.8 Å². The molecule has 0 radical (unpaired) electrons. The lowest BCUT2D eigenvalue weighted by atomic mass is 9.72. The SMILES string of the molecule is C=CC(=O)N(CCO)c1ccc(C(=O)C(CC)(Cc2ccccc2)[N+](C)(C)CC(O)COC(=O)C(C)(CC(CC)OC(C)=O)CC(CC(C)(CC)C(=O)OCC(O)C[N+](C)(C)CCCNC(=O)C(=C)C)N2CCCC2=O)cc1. The number of nitrogens with zero attached hydrogens (tertiary/aromatic N) is 4. The first-order valence-corrected chi connectivity index (χ1v) is 27.6. The van der Waals surface area contributed by atoms with E-state index in [1.54, 1.807) is 49.9 Å². The number of Topliss-reactive ketones (excluding diaryl/α,β-unsaturated/α-hetero) is 1. The molecule has 7 atom stereocenters. The molecular weight excluding hydrogens is 999 g/mol. The number of ketones is 1. The summed E-state index contributed by atoms with van der Waals surface area (Å²) in [5.74, 6) is -2.77. The van der Waals surface area contributed by atoms with Gasteiger partial charge in [-0.15, -0.1) is 0 Å². The van der Waals surface area contributed by atoms with Gasteiger partial charge in [0.05, 0.1) is 52.2 Å². The number of ether oxygens (including phenoxy) is 3. The zero-order valence-corrected chi connectivity index (χ0v) is 48.6. The Morgan fingerprint density at radius 2 is 1.44 bits per heavy atom. The molecule has 1 fully saturated rings. The van der Waals surface area contributed by atoms with Crippen molar-refractivity contribution in [3.05, 3.63) is 90.5 Å². The number of hydrogen-bond acceptors (Lipinski definition) is 13. The van der Waals surface area contributed by atoms with Gasteiger partial charge >= 0.3 is 17.9 Å². The molecule has 0 saturated carbocycles. The van der Waals surface area contributed by atoms with Crippen LogP contribution >= 0.6 is 0 Å². The van der Waals surface area contributed by atoms with E-state index in [-0.39, 0.29) is 80.6 Å². The van der Waals surface area contributed by atoms with Crippen LogP contribution in [0.2, 0.25) is 0 Å². The standard InChI is InChI=1S/C60H92N5O13/c1-14-51(78-44(7)67)38-59(9,37-48(62-31-21-25-53(62)71)36-58(8,16-3)56(74)76-41-49(68)39-64(10,11)33-22-30-61-55(73)43(5)6)57(75)77-42-50(69)40-65(12,13)60(17-4,35-45-23-19-18-20-24-45)54(72)46-26-28-47(29-27-46)63(32-34-66)52(70)15-2/h15,18-20,23-24,26-29,48-51,66,68-69H,2,5,14,16-17,21-22,25,30-42H2,1,3-4,6-13H3/q+1/p+1. The van der Waals surface area contributed by atoms with Gasteiger partial charge in [0.1, 0.15) is 44.6 Å². The van der Waals surface area contributed by atoms with Gasteiger partial charge in [-0.2, -0.15) is 0 Å². The average molecular weight is 1090 g/mol. The number of hydrogen-bond donors (Lipinski definition) is 4. The van der Waals surface area contributed by atoms with Crippen molar-refractivity contribution >= 4 is 47.1 Å². The lowest BCUT2D eigenvalue weighted by Crippen LogP contribution is -2.67. The van der Waals surface area contributed by atoms with E-state index in [0.29, 0.717) is 79.5 Å². The Morgan fingerprint density at radius 1 is 0.846 bits per heavy atom. The summed E-state index contributed by atoms with van der Waals surface area (Å²) in [7, 11) is 7.59. The van der Waals surface area contributed by atoms with Crippen LogP contribution in [0, 0.1) is 10.8 Å². The highest BCUT2D eigenvalue weighted by molar-refractivity contribution is 6.04. The highest BCUT2D eigenvalue weighted by Crippen LogP contribution is 2.41. The molecule has 2 aromatic rings. The molecule has 7 unspecified atom stereocenters. The Balaban J connectivity index is 1.93. The number of quaternary nitrogens is 2. The zero-order chi connectivity index (χ0) is 58.6. The number of likely N-dealkylation sites (tertiary alicyclic amines) is 1. The predicted octanol–water partition coefficient (Wildman–Crippen LogP) is 5.74. The maximum atomic E-state index is 15.1. The van der Waals surface area contributed by atoms with E-state index in [0.717, 1.165) is 11.6 Å². The normalized spacial score (nSPS) is 16.7. The highest BCUT2D eigenvalue weighted by Gasteiger charge is 2.52. The molecule has 18 heteroatoms. The molecule has 4 N–H and O–H groups in total. The molecule has 3 amide bonds. The molecule has 1 heterocycles.